The minimum absolute atomic E-state index is 0.00542. The lowest BCUT2D eigenvalue weighted by Crippen LogP contribution is -2.08. The lowest BCUT2D eigenvalue weighted by atomic mass is 10.1. The molecule has 86 valence electrons. The first-order valence-electron chi connectivity index (χ1n) is 4.52. The number of carbonyl (C=O) groups excluding carboxylic acids is 2. The van der Waals surface area contributed by atoms with Gasteiger partial charge in [0.1, 0.15) is 5.75 Å². The van der Waals surface area contributed by atoms with E-state index in [1.54, 1.807) is 12.1 Å². The fraction of sp³-hybridized carbons (Fsp3) is 0.273. The highest BCUT2D eigenvalue weighted by molar-refractivity contribution is 5.99. The van der Waals surface area contributed by atoms with Crippen LogP contribution < -0.4 is 4.74 Å². The molecule has 0 amide bonds. The van der Waals surface area contributed by atoms with Gasteiger partial charge < -0.3 is 14.2 Å². The van der Waals surface area contributed by atoms with E-state index >= 15 is 0 Å². The second-order valence-electron chi connectivity index (χ2n) is 2.88. The van der Waals surface area contributed by atoms with E-state index in [4.69, 9.17) is 9.47 Å². The van der Waals surface area contributed by atoms with E-state index in [1.165, 1.54) is 20.3 Å². The van der Waals surface area contributed by atoms with Crippen molar-refractivity contribution in [3.63, 3.8) is 0 Å². The molecule has 0 saturated heterocycles. The van der Waals surface area contributed by atoms with Crippen molar-refractivity contribution in [2.75, 3.05) is 21.0 Å². The third-order valence-corrected chi connectivity index (χ3v) is 1.92. The third-order valence-electron chi connectivity index (χ3n) is 1.92. The molecule has 0 atom stereocenters. The van der Waals surface area contributed by atoms with Crippen molar-refractivity contribution in [2.24, 2.45) is 0 Å². The number of methoxy groups -OCH3 is 2. The second kappa shape index (κ2) is 5.87. The molecule has 0 saturated carbocycles. The molecule has 0 heterocycles. The van der Waals surface area contributed by atoms with Crippen molar-refractivity contribution in [3.05, 3.63) is 29.3 Å². The van der Waals surface area contributed by atoms with Gasteiger partial charge in [0.2, 0.25) is 0 Å². The van der Waals surface area contributed by atoms with Gasteiger partial charge in [-0.2, -0.15) is 0 Å². The first kappa shape index (κ1) is 12.2. The fourth-order valence-electron chi connectivity index (χ4n) is 1.20. The third kappa shape index (κ3) is 2.58. The average Bonchev–Trinajstić information content (AvgIpc) is 2.34. The predicted octanol–water partition coefficient (Wildman–Crippen LogP) is 1.27. The highest BCUT2D eigenvalue weighted by atomic mass is 16.7. The first-order chi connectivity index (χ1) is 7.74. The van der Waals surface area contributed by atoms with Crippen LogP contribution in [0.1, 0.15) is 20.7 Å². The van der Waals surface area contributed by atoms with Gasteiger partial charge in [0.25, 0.3) is 0 Å². The molecule has 0 N–H and O–H groups in total. The summed E-state index contributed by atoms with van der Waals surface area (Å²) in [7, 11) is 2.71. The van der Waals surface area contributed by atoms with Gasteiger partial charge >= 0.3 is 5.97 Å². The van der Waals surface area contributed by atoms with Crippen molar-refractivity contribution in [2.45, 2.75) is 0 Å². The molecule has 5 heteroatoms. The molecule has 0 radical (unpaired) electrons. The average molecular weight is 224 g/mol. The summed E-state index contributed by atoms with van der Waals surface area (Å²) in [6.07, 6.45) is 0.553. The topological polar surface area (TPSA) is 61.8 Å². The van der Waals surface area contributed by atoms with Crippen LogP contribution in [0.15, 0.2) is 18.2 Å². The molecule has 16 heavy (non-hydrogen) atoms. The highest BCUT2D eigenvalue weighted by Crippen LogP contribution is 2.21. The number of esters is 1. The van der Waals surface area contributed by atoms with E-state index in [9.17, 15) is 9.59 Å². The van der Waals surface area contributed by atoms with Crippen molar-refractivity contribution in [1.29, 1.82) is 0 Å². The molecule has 5 nitrogen and oxygen atoms in total. The van der Waals surface area contributed by atoms with E-state index in [2.05, 4.69) is 4.74 Å². The van der Waals surface area contributed by atoms with Gasteiger partial charge in [0.15, 0.2) is 13.1 Å². The van der Waals surface area contributed by atoms with Gasteiger partial charge in [0.05, 0.1) is 18.2 Å². The Morgan fingerprint density at radius 3 is 2.69 bits per heavy atom. The molecule has 0 unspecified atom stereocenters. The Morgan fingerprint density at radius 2 is 2.12 bits per heavy atom. The van der Waals surface area contributed by atoms with Crippen LogP contribution in [0.3, 0.4) is 0 Å². The van der Waals surface area contributed by atoms with Gasteiger partial charge in [-0.25, -0.2) is 4.79 Å². The molecule has 1 rings (SSSR count). The van der Waals surface area contributed by atoms with E-state index in [-0.39, 0.29) is 17.9 Å². The number of carbonyl (C=O) groups is 2. The molecule has 0 aliphatic carbocycles. The molecule has 0 aliphatic heterocycles. The number of hydrogen-bond donors (Lipinski definition) is 0. The van der Waals surface area contributed by atoms with Crippen LogP contribution in [0, 0.1) is 0 Å². The quantitative estimate of drug-likeness (QED) is 0.428. The van der Waals surface area contributed by atoms with E-state index in [0.29, 0.717) is 12.0 Å². The van der Waals surface area contributed by atoms with Crippen LogP contribution in [-0.4, -0.2) is 33.3 Å². The molecule has 0 aromatic heterocycles. The number of aldehydes is 1. The summed E-state index contributed by atoms with van der Waals surface area (Å²) in [6, 6.07) is 4.68. The van der Waals surface area contributed by atoms with Crippen LogP contribution in [0.25, 0.3) is 0 Å². The van der Waals surface area contributed by atoms with Crippen molar-refractivity contribution >= 4 is 12.3 Å². The Hall–Kier alpha value is -1.88. The minimum Gasteiger partial charge on any atom is -0.467 e. The van der Waals surface area contributed by atoms with Crippen molar-refractivity contribution in [1.82, 2.24) is 0 Å². The molecular weight excluding hydrogens is 212 g/mol. The molecule has 0 bridgehead atoms. The molecule has 0 fully saturated rings. The number of benzene rings is 1. The summed E-state index contributed by atoms with van der Waals surface area (Å²) in [5.74, 6) is -0.287. The lowest BCUT2D eigenvalue weighted by molar-refractivity contribution is 0.0496. The maximum atomic E-state index is 11.4. The van der Waals surface area contributed by atoms with Crippen molar-refractivity contribution < 1.29 is 23.8 Å². The van der Waals surface area contributed by atoms with Gasteiger partial charge in [0, 0.05) is 7.11 Å². The molecular formula is C11H12O5. The van der Waals surface area contributed by atoms with Gasteiger partial charge in [-0.05, 0) is 12.1 Å². The number of ether oxygens (including phenoxy) is 3. The van der Waals surface area contributed by atoms with E-state index < -0.39 is 5.97 Å². The number of hydrogen-bond acceptors (Lipinski definition) is 5. The summed E-state index contributed by atoms with van der Waals surface area (Å²) in [5, 5.41) is 0. The van der Waals surface area contributed by atoms with Crippen LogP contribution in [0.4, 0.5) is 0 Å². The van der Waals surface area contributed by atoms with Crippen LogP contribution >= 0.6 is 0 Å². The Morgan fingerprint density at radius 1 is 1.38 bits per heavy atom. The fourth-order valence-corrected chi connectivity index (χ4v) is 1.20. The summed E-state index contributed by atoms with van der Waals surface area (Å²) in [4.78, 5) is 22.3. The minimum atomic E-state index is -0.579. The maximum absolute atomic E-state index is 11.4. The predicted molar refractivity (Wildman–Crippen MR) is 55.7 cm³/mol. The summed E-state index contributed by atoms with van der Waals surface area (Å²) in [5.41, 5.74) is 0.331. The van der Waals surface area contributed by atoms with Crippen LogP contribution in [-0.2, 0) is 9.47 Å². The zero-order valence-electron chi connectivity index (χ0n) is 9.06. The standard InChI is InChI=1S/C11H12O5/c1-14-7-16-10-5-3-4-8(9(10)6-12)11(13)15-2/h3-6H,7H2,1-2H3. The normalized spacial score (nSPS) is 9.62. The maximum Gasteiger partial charge on any atom is 0.338 e. The van der Waals surface area contributed by atoms with E-state index in [1.807, 2.05) is 0 Å². The SMILES string of the molecule is COCOc1cccc(C(=O)OC)c1C=O. The van der Waals surface area contributed by atoms with Gasteiger partial charge in [-0.3, -0.25) is 4.79 Å². The van der Waals surface area contributed by atoms with Crippen LogP contribution in [0.5, 0.6) is 5.75 Å². The second-order valence-corrected chi connectivity index (χ2v) is 2.88. The summed E-state index contributed by atoms with van der Waals surface area (Å²) in [6.45, 7) is 0.00542. The zero-order chi connectivity index (χ0) is 12.0. The molecule has 0 spiro atoms. The smallest absolute Gasteiger partial charge is 0.338 e. The summed E-state index contributed by atoms with van der Waals surface area (Å²) < 4.78 is 14.4. The molecule has 0 aliphatic rings. The van der Waals surface area contributed by atoms with Crippen LogP contribution in [0.2, 0.25) is 0 Å². The Bertz CT molecular complexity index is 386. The molecule has 1 aromatic rings. The monoisotopic (exact) mass is 224 g/mol. The Balaban J connectivity index is 3.10. The zero-order valence-corrected chi connectivity index (χ0v) is 9.06. The highest BCUT2D eigenvalue weighted by Gasteiger charge is 2.15. The van der Waals surface area contributed by atoms with Gasteiger partial charge in [-0.15, -0.1) is 0 Å². The van der Waals surface area contributed by atoms with Gasteiger partial charge in [-0.1, -0.05) is 6.07 Å². The molecule has 1 aromatic carbocycles. The van der Waals surface area contributed by atoms with E-state index in [0.717, 1.165) is 0 Å². The Labute approximate surface area is 92.9 Å². The first-order valence-corrected chi connectivity index (χ1v) is 4.52. The summed E-state index contributed by atoms with van der Waals surface area (Å²) >= 11 is 0. The largest absolute Gasteiger partial charge is 0.467 e. The Kier molecular flexibility index (Phi) is 4.47. The lowest BCUT2D eigenvalue weighted by Gasteiger charge is -2.09. The van der Waals surface area contributed by atoms with Crippen molar-refractivity contribution in [3.8, 4) is 5.75 Å². The number of rotatable bonds is 5.